The summed E-state index contributed by atoms with van der Waals surface area (Å²) in [5, 5.41) is 3.36. The van der Waals surface area contributed by atoms with Gasteiger partial charge in [-0.15, -0.1) is 0 Å². The number of anilines is 1. The fourth-order valence-electron chi connectivity index (χ4n) is 1.85. The van der Waals surface area contributed by atoms with E-state index in [4.69, 9.17) is 0 Å². The van der Waals surface area contributed by atoms with Crippen LogP contribution in [0.15, 0.2) is 12.4 Å². The summed E-state index contributed by atoms with van der Waals surface area (Å²) in [5.74, 6) is 0.985. The molecule has 1 aliphatic rings. The fourth-order valence-corrected chi connectivity index (χ4v) is 1.85. The van der Waals surface area contributed by atoms with Crippen LogP contribution in [0.5, 0.6) is 0 Å². The maximum absolute atomic E-state index is 4.33. The SMILES string of the molecule is CC(C)Nc1nccn1CCN(C)C1CC1. The van der Waals surface area contributed by atoms with Crippen molar-refractivity contribution in [3.8, 4) is 0 Å². The van der Waals surface area contributed by atoms with Gasteiger partial charge < -0.3 is 14.8 Å². The van der Waals surface area contributed by atoms with Crippen molar-refractivity contribution in [2.45, 2.75) is 45.3 Å². The average molecular weight is 222 g/mol. The van der Waals surface area contributed by atoms with Gasteiger partial charge in [0.1, 0.15) is 0 Å². The van der Waals surface area contributed by atoms with Crippen molar-refractivity contribution < 1.29 is 0 Å². The summed E-state index contributed by atoms with van der Waals surface area (Å²) in [6.45, 7) is 6.39. The standard InChI is InChI=1S/C12H22N4/c1-10(2)14-12-13-6-7-16(12)9-8-15(3)11-4-5-11/h6-7,10-11H,4-5,8-9H2,1-3H3,(H,13,14). The molecule has 90 valence electrons. The van der Waals surface area contributed by atoms with Crippen LogP contribution in [0.2, 0.25) is 0 Å². The highest BCUT2D eigenvalue weighted by atomic mass is 15.2. The van der Waals surface area contributed by atoms with Crippen molar-refractivity contribution >= 4 is 5.95 Å². The minimum Gasteiger partial charge on any atom is -0.353 e. The molecule has 0 aromatic carbocycles. The molecule has 1 saturated carbocycles. The van der Waals surface area contributed by atoms with Gasteiger partial charge in [0.2, 0.25) is 5.95 Å². The Morgan fingerprint density at radius 2 is 2.31 bits per heavy atom. The molecule has 16 heavy (non-hydrogen) atoms. The van der Waals surface area contributed by atoms with Crippen molar-refractivity contribution in [3.05, 3.63) is 12.4 Å². The zero-order valence-corrected chi connectivity index (χ0v) is 10.5. The molecule has 1 aliphatic carbocycles. The molecule has 4 nitrogen and oxygen atoms in total. The second-order valence-electron chi connectivity index (χ2n) is 4.96. The summed E-state index contributed by atoms with van der Waals surface area (Å²) >= 11 is 0. The molecule has 1 aromatic rings. The molecule has 0 spiro atoms. The van der Waals surface area contributed by atoms with Gasteiger partial charge in [-0.25, -0.2) is 4.98 Å². The third-order valence-corrected chi connectivity index (χ3v) is 3.00. The van der Waals surface area contributed by atoms with Crippen LogP contribution >= 0.6 is 0 Å². The second kappa shape index (κ2) is 4.87. The zero-order valence-electron chi connectivity index (χ0n) is 10.5. The number of rotatable bonds is 6. The van der Waals surface area contributed by atoms with Crippen molar-refractivity contribution in [3.63, 3.8) is 0 Å². The number of likely N-dealkylation sites (N-methyl/N-ethyl adjacent to an activating group) is 1. The molecule has 0 radical (unpaired) electrons. The Labute approximate surface area is 97.7 Å². The van der Waals surface area contributed by atoms with Crippen molar-refractivity contribution in [2.75, 3.05) is 18.9 Å². The van der Waals surface area contributed by atoms with E-state index in [-0.39, 0.29) is 0 Å². The molecule has 0 saturated heterocycles. The van der Waals surface area contributed by atoms with E-state index in [0.29, 0.717) is 6.04 Å². The van der Waals surface area contributed by atoms with Gasteiger partial charge in [-0.05, 0) is 33.7 Å². The normalized spacial score (nSPS) is 16.1. The van der Waals surface area contributed by atoms with E-state index in [1.807, 2.05) is 12.4 Å². The Morgan fingerprint density at radius 1 is 1.56 bits per heavy atom. The minimum absolute atomic E-state index is 0.433. The first-order valence-corrected chi connectivity index (χ1v) is 6.14. The van der Waals surface area contributed by atoms with E-state index in [9.17, 15) is 0 Å². The van der Waals surface area contributed by atoms with Gasteiger partial charge in [0, 0.05) is 37.6 Å². The van der Waals surface area contributed by atoms with Crippen LogP contribution in [0.25, 0.3) is 0 Å². The van der Waals surface area contributed by atoms with Crippen LogP contribution < -0.4 is 5.32 Å². The third kappa shape index (κ3) is 2.98. The first-order valence-electron chi connectivity index (χ1n) is 6.14. The summed E-state index contributed by atoms with van der Waals surface area (Å²) in [7, 11) is 2.21. The number of imidazole rings is 1. The molecule has 1 N–H and O–H groups in total. The molecule has 0 atom stereocenters. The van der Waals surface area contributed by atoms with Gasteiger partial charge in [-0.2, -0.15) is 0 Å². The van der Waals surface area contributed by atoms with E-state index in [1.165, 1.54) is 12.8 Å². The van der Waals surface area contributed by atoms with Crippen LogP contribution in [-0.4, -0.2) is 40.1 Å². The van der Waals surface area contributed by atoms with Gasteiger partial charge in [0.25, 0.3) is 0 Å². The third-order valence-electron chi connectivity index (χ3n) is 3.00. The number of hydrogen-bond donors (Lipinski definition) is 1. The van der Waals surface area contributed by atoms with Crippen molar-refractivity contribution in [1.29, 1.82) is 0 Å². The Balaban J connectivity index is 1.85. The van der Waals surface area contributed by atoms with Crippen LogP contribution in [0.1, 0.15) is 26.7 Å². The quantitative estimate of drug-likeness (QED) is 0.796. The van der Waals surface area contributed by atoms with E-state index in [1.54, 1.807) is 0 Å². The average Bonchev–Trinajstić information content (AvgIpc) is 2.98. The lowest BCUT2D eigenvalue weighted by Crippen LogP contribution is -2.26. The van der Waals surface area contributed by atoms with Gasteiger partial charge in [-0.1, -0.05) is 0 Å². The lowest BCUT2D eigenvalue weighted by atomic mass is 10.4. The molecule has 1 fully saturated rings. The summed E-state index contributed by atoms with van der Waals surface area (Å²) in [6, 6.07) is 1.27. The highest BCUT2D eigenvalue weighted by Crippen LogP contribution is 2.25. The summed E-state index contributed by atoms with van der Waals surface area (Å²) in [6.07, 6.45) is 6.66. The Hall–Kier alpha value is -1.03. The highest BCUT2D eigenvalue weighted by molar-refractivity contribution is 5.26. The van der Waals surface area contributed by atoms with Gasteiger partial charge >= 0.3 is 0 Å². The predicted octanol–water partition coefficient (Wildman–Crippen LogP) is 1.80. The number of hydrogen-bond acceptors (Lipinski definition) is 3. The Morgan fingerprint density at radius 3 is 2.94 bits per heavy atom. The molecule has 0 bridgehead atoms. The molecular weight excluding hydrogens is 200 g/mol. The first-order chi connectivity index (χ1) is 7.66. The predicted molar refractivity (Wildman–Crippen MR) is 66.6 cm³/mol. The molecule has 4 heteroatoms. The highest BCUT2D eigenvalue weighted by Gasteiger charge is 2.25. The van der Waals surface area contributed by atoms with Gasteiger partial charge in [-0.3, -0.25) is 0 Å². The van der Waals surface area contributed by atoms with E-state index < -0.39 is 0 Å². The minimum atomic E-state index is 0.433. The number of aromatic nitrogens is 2. The Bertz CT molecular complexity index is 328. The maximum atomic E-state index is 4.33. The fraction of sp³-hybridized carbons (Fsp3) is 0.750. The van der Waals surface area contributed by atoms with Crippen LogP contribution in [0.4, 0.5) is 5.95 Å². The topological polar surface area (TPSA) is 33.1 Å². The van der Waals surface area contributed by atoms with Crippen molar-refractivity contribution in [1.82, 2.24) is 14.5 Å². The van der Waals surface area contributed by atoms with Crippen LogP contribution in [0.3, 0.4) is 0 Å². The monoisotopic (exact) mass is 222 g/mol. The summed E-state index contributed by atoms with van der Waals surface area (Å²) in [5.41, 5.74) is 0. The molecule has 0 aliphatic heterocycles. The lowest BCUT2D eigenvalue weighted by Gasteiger charge is -2.17. The van der Waals surface area contributed by atoms with Crippen LogP contribution in [-0.2, 0) is 6.54 Å². The molecule has 1 aromatic heterocycles. The lowest BCUT2D eigenvalue weighted by molar-refractivity contribution is 0.310. The first kappa shape index (κ1) is 11.5. The van der Waals surface area contributed by atoms with Crippen LogP contribution in [0, 0.1) is 0 Å². The number of nitrogens with zero attached hydrogens (tertiary/aromatic N) is 3. The molecule has 2 rings (SSSR count). The molecule has 0 amide bonds. The molecule has 1 heterocycles. The smallest absolute Gasteiger partial charge is 0.203 e. The van der Waals surface area contributed by atoms with Crippen molar-refractivity contribution in [2.24, 2.45) is 0 Å². The summed E-state index contributed by atoms with van der Waals surface area (Å²) in [4.78, 5) is 6.77. The van der Waals surface area contributed by atoms with Gasteiger partial charge in [0.15, 0.2) is 0 Å². The molecular formula is C12H22N4. The van der Waals surface area contributed by atoms with E-state index in [2.05, 4.69) is 40.7 Å². The zero-order chi connectivity index (χ0) is 11.5. The molecule has 0 unspecified atom stereocenters. The number of nitrogens with one attached hydrogen (secondary N) is 1. The van der Waals surface area contributed by atoms with Gasteiger partial charge in [0.05, 0.1) is 0 Å². The summed E-state index contributed by atoms with van der Waals surface area (Å²) < 4.78 is 2.19. The second-order valence-corrected chi connectivity index (χ2v) is 4.96. The Kier molecular flexibility index (Phi) is 3.49. The van der Waals surface area contributed by atoms with E-state index >= 15 is 0 Å². The van der Waals surface area contributed by atoms with E-state index in [0.717, 1.165) is 25.1 Å². The largest absolute Gasteiger partial charge is 0.353 e. The maximum Gasteiger partial charge on any atom is 0.203 e.